The van der Waals surface area contributed by atoms with Crippen LogP contribution in [0.1, 0.15) is 12.2 Å². The van der Waals surface area contributed by atoms with E-state index in [-0.39, 0.29) is 18.4 Å². The zero-order chi connectivity index (χ0) is 12.4. The highest BCUT2D eigenvalue weighted by atomic mass is 35.5. The molecule has 0 aliphatic carbocycles. The quantitative estimate of drug-likeness (QED) is 0.927. The molecule has 102 valence electrons. The Morgan fingerprint density at radius 1 is 1.32 bits per heavy atom. The van der Waals surface area contributed by atoms with E-state index in [4.69, 9.17) is 10.3 Å². The normalized spacial score (nSPS) is 19.3. The monoisotopic (exact) mass is 280 g/mol. The minimum absolute atomic E-state index is 0. The number of likely N-dealkylation sites (tertiary alicyclic amines) is 1. The molecule has 2 N–H and O–H groups in total. The fourth-order valence-corrected chi connectivity index (χ4v) is 2.22. The van der Waals surface area contributed by atoms with Gasteiger partial charge in [-0.15, -0.1) is 12.4 Å². The van der Waals surface area contributed by atoms with Crippen molar-refractivity contribution >= 4 is 12.4 Å². The van der Waals surface area contributed by atoms with Crippen LogP contribution >= 0.6 is 12.4 Å². The lowest BCUT2D eigenvalue weighted by molar-refractivity contribution is 0.309. The molecule has 0 unspecified atom stereocenters. The number of benzene rings is 1. The Labute approximate surface area is 118 Å². The SMILES string of the molecule is Cl.N[C@H]1CCN(Cc2noc(-c3ccccc3)n2)C1. The fraction of sp³-hybridized carbons (Fsp3) is 0.385. The van der Waals surface area contributed by atoms with Crippen molar-refractivity contribution in [2.75, 3.05) is 13.1 Å². The first-order valence-corrected chi connectivity index (χ1v) is 6.17. The summed E-state index contributed by atoms with van der Waals surface area (Å²) >= 11 is 0. The van der Waals surface area contributed by atoms with Crippen LogP contribution in [-0.2, 0) is 6.54 Å². The van der Waals surface area contributed by atoms with Crippen molar-refractivity contribution in [2.45, 2.75) is 19.0 Å². The molecule has 1 fully saturated rings. The summed E-state index contributed by atoms with van der Waals surface area (Å²) in [6, 6.07) is 10.1. The molecule has 5 nitrogen and oxygen atoms in total. The molecule has 1 saturated heterocycles. The molecule has 0 amide bonds. The van der Waals surface area contributed by atoms with Crippen LogP contribution in [0.3, 0.4) is 0 Å². The second-order valence-electron chi connectivity index (χ2n) is 4.67. The molecule has 0 spiro atoms. The lowest BCUT2D eigenvalue weighted by Crippen LogP contribution is -2.26. The van der Waals surface area contributed by atoms with Gasteiger partial charge in [-0.3, -0.25) is 4.90 Å². The Morgan fingerprint density at radius 3 is 2.79 bits per heavy atom. The van der Waals surface area contributed by atoms with Crippen molar-refractivity contribution in [3.63, 3.8) is 0 Å². The molecule has 1 aromatic heterocycles. The molecule has 1 atom stereocenters. The molecule has 2 aromatic rings. The predicted molar refractivity (Wildman–Crippen MR) is 74.9 cm³/mol. The first kappa shape index (κ1) is 14.0. The zero-order valence-corrected chi connectivity index (χ0v) is 11.3. The summed E-state index contributed by atoms with van der Waals surface area (Å²) in [6.07, 6.45) is 1.05. The van der Waals surface area contributed by atoms with E-state index in [0.717, 1.165) is 30.9 Å². The molecule has 0 radical (unpaired) electrons. The summed E-state index contributed by atoms with van der Waals surface area (Å²) in [5, 5.41) is 4.01. The summed E-state index contributed by atoms with van der Waals surface area (Å²) < 4.78 is 5.27. The Balaban J connectivity index is 0.00000133. The highest BCUT2D eigenvalue weighted by molar-refractivity contribution is 5.85. The zero-order valence-electron chi connectivity index (χ0n) is 10.5. The van der Waals surface area contributed by atoms with Gasteiger partial charge in [0.05, 0.1) is 6.54 Å². The third-order valence-corrected chi connectivity index (χ3v) is 3.16. The molecule has 3 rings (SSSR count). The van der Waals surface area contributed by atoms with Gasteiger partial charge in [0.15, 0.2) is 5.82 Å². The van der Waals surface area contributed by atoms with Crippen LogP contribution < -0.4 is 5.73 Å². The van der Waals surface area contributed by atoms with Gasteiger partial charge in [0, 0.05) is 24.7 Å². The minimum atomic E-state index is 0. The maximum atomic E-state index is 5.87. The maximum Gasteiger partial charge on any atom is 0.257 e. The summed E-state index contributed by atoms with van der Waals surface area (Å²) in [5.74, 6) is 1.30. The third-order valence-electron chi connectivity index (χ3n) is 3.16. The van der Waals surface area contributed by atoms with E-state index in [9.17, 15) is 0 Å². The Hall–Kier alpha value is -1.43. The van der Waals surface area contributed by atoms with Gasteiger partial charge < -0.3 is 10.3 Å². The van der Waals surface area contributed by atoms with Crippen molar-refractivity contribution in [2.24, 2.45) is 5.73 Å². The van der Waals surface area contributed by atoms with Gasteiger partial charge in [-0.05, 0) is 18.6 Å². The van der Waals surface area contributed by atoms with E-state index in [1.165, 1.54) is 0 Å². The molecule has 0 bridgehead atoms. The predicted octanol–water partition coefficient (Wildman–Crippen LogP) is 1.69. The van der Waals surface area contributed by atoms with Gasteiger partial charge in [-0.2, -0.15) is 4.98 Å². The Kier molecular flexibility index (Phi) is 4.52. The standard InChI is InChI=1S/C13H16N4O.ClH/c14-11-6-7-17(8-11)9-12-15-13(18-16-12)10-4-2-1-3-5-10;/h1-5,11H,6-9,14H2;1H/t11-;/m0./s1. The lowest BCUT2D eigenvalue weighted by Gasteiger charge is -2.11. The van der Waals surface area contributed by atoms with Crippen LogP contribution in [0.2, 0.25) is 0 Å². The highest BCUT2D eigenvalue weighted by Crippen LogP contribution is 2.17. The van der Waals surface area contributed by atoms with Crippen molar-refractivity contribution in [3.8, 4) is 11.5 Å². The Bertz CT molecular complexity index is 516. The number of hydrogen-bond acceptors (Lipinski definition) is 5. The van der Waals surface area contributed by atoms with E-state index >= 15 is 0 Å². The average Bonchev–Trinajstić information content (AvgIpc) is 3.01. The number of hydrogen-bond donors (Lipinski definition) is 1. The van der Waals surface area contributed by atoms with Crippen LogP contribution in [-0.4, -0.2) is 34.2 Å². The number of nitrogens with zero attached hydrogens (tertiary/aromatic N) is 3. The van der Waals surface area contributed by atoms with Crippen LogP contribution in [0.4, 0.5) is 0 Å². The van der Waals surface area contributed by atoms with Gasteiger partial charge in [-0.1, -0.05) is 23.4 Å². The lowest BCUT2D eigenvalue weighted by atomic mass is 10.2. The molecule has 1 aliphatic heterocycles. The first-order valence-electron chi connectivity index (χ1n) is 6.17. The van der Waals surface area contributed by atoms with Gasteiger partial charge in [0.1, 0.15) is 0 Å². The maximum absolute atomic E-state index is 5.87. The molecule has 0 saturated carbocycles. The van der Waals surface area contributed by atoms with Gasteiger partial charge in [0.25, 0.3) is 5.89 Å². The molecule has 1 aromatic carbocycles. The molecule has 2 heterocycles. The van der Waals surface area contributed by atoms with E-state index in [2.05, 4.69) is 15.0 Å². The van der Waals surface area contributed by atoms with Gasteiger partial charge in [0.2, 0.25) is 0 Å². The first-order chi connectivity index (χ1) is 8.81. The number of rotatable bonds is 3. The average molecular weight is 281 g/mol. The number of aromatic nitrogens is 2. The van der Waals surface area contributed by atoms with Crippen molar-refractivity contribution in [1.82, 2.24) is 15.0 Å². The topological polar surface area (TPSA) is 68.2 Å². The highest BCUT2D eigenvalue weighted by Gasteiger charge is 2.20. The van der Waals surface area contributed by atoms with E-state index < -0.39 is 0 Å². The third kappa shape index (κ3) is 3.32. The second-order valence-corrected chi connectivity index (χ2v) is 4.67. The summed E-state index contributed by atoms with van der Waals surface area (Å²) in [4.78, 5) is 6.66. The minimum Gasteiger partial charge on any atom is -0.334 e. The van der Waals surface area contributed by atoms with E-state index in [0.29, 0.717) is 12.4 Å². The summed E-state index contributed by atoms with van der Waals surface area (Å²) in [7, 11) is 0. The van der Waals surface area contributed by atoms with Gasteiger partial charge in [-0.25, -0.2) is 0 Å². The van der Waals surface area contributed by atoms with E-state index in [1.807, 2.05) is 30.3 Å². The van der Waals surface area contributed by atoms with Crippen LogP contribution in [0.25, 0.3) is 11.5 Å². The Morgan fingerprint density at radius 2 is 2.11 bits per heavy atom. The molecular weight excluding hydrogens is 264 g/mol. The molecule has 19 heavy (non-hydrogen) atoms. The number of halogens is 1. The smallest absolute Gasteiger partial charge is 0.257 e. The molecule has 1 aliphatic rings. The van der Waals surface area contributed by atoms with Crippen molar-refractivity contribution in [3.05, 3.63) is 36.2 Å². The number of nitrogens with two attached hydrogens (primary N) is 1. The van der Waals surface area contributed by atoms with Crippen LogP contribution in [0.5, 0.6) is 0 Å². The second kappa shape index (κ2) is 6.14. The van der Waals surface area contributed by atoms with E-state index in [1.54, 1.807) is 0 Å². The summed E-state index contributed by atoms with van der Waals surface area (Å²) in [6.45, 7) is 2.63. The van der Waals surface area contributed by atoms with Crippen LogP contribution in [0, 0.1) is 0 Å². The van der Waals surface area contributed by atoms with Crippen LogP contribution in [0.15, 0.2) is 34.9 Å². The largest absolute Gasteiger partial charge is 0.334 e. The van der Waals surface area contributed by atoms with Crippen molar-refractivity contribution < 1.29 is 4.52 Å². The molecule has 6 heteroatoms. The van der Waals surface area contributed by atoms with Crippen molar-refractivity contribution in [1.29, 1.82) is 0 Å². The van der Waals surface area contributed by atoms with Gasteiger partial charge >= 0.3 is 0 Å². The fourth-order valence-electron chi connectivity index (χ4n) is 2.22. The molecular formula is C13H17ClN4O. The summed E-state index contributed by atoms with van der Waals surface area (Å²) in [5.41, 5.74) is 6.82.